The van der Waals surface area contributed by atoms with Crippen molar-refractivity contribution in [1.29, 1.82) is 0 Å². The van der Waals surface area contributed by atoms with Gasteiger partial charge in [0.1, 0.15) is 11.5 Å². The fourth-order valence-electron chi connectivity index (χ4n) is 3.26. The molecule has 2 heterocycles. The molecule has 1 N–H and O–H groups in total. The number of aromatic nitrogens is 1. The summed E-state index contributed by atoms with van der Waals surface area (Å²) in [7, 11) is 0. The molecule has 0 aliphatic rings. The number of esters is 1. The monoisotopic (exact) mass is 445 g/mol. The molecule has 1 unspecified atom stereocenters. The first kappa shape index (κ1) is 21.7. The lowest BCUT2D eigenvalue weighted by Crippen LogP contribution is -2.30. The molecule has 0 saturated heterocycles. The van der Waals surface area contributed by atoms with Gasteiger partial charge in [-0.25, -0.2) is 9.78 Å². The van der Waals surface area contributed by atoms with Crippen molar-refractivity contribution >= 4 is 34.2 Å². The van der Waals surface area contributed by atoms with E-state index in [0.717, 1.165) is 0 Å². The lowest BCUT2D eigenvalue weighted by molar-refractivity contribution is -0.384. The lowest BCUT2D eigenvalue weighted by Gasteiger charge is -2.15. The number of pyridine rings is 1. The number of fused-ring (bicyclic) bond motifs is 1. The van der Waals surface area contributed by atoms with Gasteiger partial charge in [-0.3, -0.25) is 14.9 Å². The largest absolute Gasteiger partial charge is 0.460 e. The van der Waals surface area contributed by atoms with Crippen molar-refractivity contribution in [2.75, 3.05) is 5.32 Å². The second kappa shape index (κ2) is 8.91. The number of non-ortho nitro benzene ring substituents is 1. The second-order valence-electron chi connectivity index (χ2n) is 7.33. The summed E-state index contributed by atoms with van der Waals surface area (Å²) in [5, 5.41) is 14.0. The number of carbonyl (C=O) groups is 2. The standard InChI is InChI=1S/C24H19N3O6/c1-14-10-11-22(32-14)21-13-19(18-8-3-4-9-20(18)26-21)24(29)33-15(2)23(28)25-16-6-5-7-17(12-16)27(30)31/h3-13,15H,1-2H3,(H,25,28). The van der Waals surface area contributed by atoms with E-state index in [4.69, 9.17) is 9.15 Å². The van der Waals surface area contributed by atoms with Gasteiger partial charge in [-0.05, 0) is 44.2 Å². The smallest absolute Gasteiger partial charge is 0.339 e. The van der Waals surface area contributed by atoms with E-state index < -0.39 is 22.9 Å². The van der Waals surface area contributed by atoms with Crippen molar-refractivity contribution in [2.45, 2.75) is 20.0 Å². The highest BCUT2D eigenvalue weighted by atomic mass is 16.6. The highest BCUT2D eigenvalue weighted by Gasteiger charge is 2.22. The third kappa shape index (κ3) is 4.72. The molecule has 0 fully saturated rings. The summed E-state index contributed by atoms with van der Waals surface area (Å²) in [5.74, 6) is -0.122. The van der Waals surface area contributed by atoms with Crippen LogP contribution in [0.1, 0.15) is 23.0 Å². The Morgan fingerprint density at radius 3 is 2.61 bits per heavy atom. The quantitative estimate of drug-likeness (QED) is 0.254. The number of anilines is 1. The SMILES string of the molecule is Cc1ccc(-c2cc(C(=O)OC(C)C(=O)Nc3cccc([N+](=O)[O-])c3)c3ccccc3n2)o1. The second-order valence-corrected chi connectivity index (χ2v) is 7.33. The summed E-state index contributed by atoms with van der Waals surface area (Å²) in [6, 6.07) is 17.7. The van der Waals surface area contributed by atoms with Gasteiger partial charge in [-0.15, -0.1) is 0 Å². The normalized spacial score (nSPS) is 11.7. The minimum Gasteiger partial charge on any atom is -0.460 e. The molecule has 0 bridgehead atoms. The number of para-hydroxylation sites is 1. The van der Waals surface area contributed by atoms with E-state index in [9.17, 15) is 19.7 Å². The number of nitrogens with one attached hydrogen (secondary N) is 1. The average Bonchev–Trinajstić information content (AvgIpc) is 3.24. The maximum Gasteiger partial charge on any atom is 0.339 e. The van der Waals surface area contributed by atoms with Crippen LogP contribution in [-0.2, 0) is 9.53 Å². The molecule has 9 nitrogen and oxygen atoms in total. The highest BCUT2D eigenvalue weighted by Crippen LogP contribution is 2.27. The van der Waals surface area contributed by atoms with Crippen LogP contribution in [0, 0.1) is 17.0 Å². The maximum atomic E-state index is 13.0. The van der Waals surface area contributed by atoms with E-state index in [1.165, 1.54) is 31.2 Å². The molecule has 33 heavy (non-hydrogen) atoms. The predicted octanol–water partition coefficient (Wildman–Crippen LogP) is 4.90. The van der Waals surface area contributed by atoms with Crippen LogP contribution in [0.3, 0.4) is 0 Å². The van der Waals surface area contributed by atoms with Crippen molar-refractivity contribution < 1.29 is 23.7 Å². The molecule has 0 aliphatic carbocycles. The Morgan fingerprint density at radius 2 is 1.88 bits per heavy atom. The first-order valence-corrected chi connectivity index (χ1v) is 10.0. The van der Waals surface area contributed by atoms with Crippen molar-refractivity contribution in [1.82, 2.24) is 4.98 Å². The number of nitro benzene ring substituents is 1. The summed E-state index contributed by atoms with van der Waals surface area (Å²) in [6.45, 7) is 3.23. The molecule has 1 atom stereocenters. The van der Waals surface area contributed by atoms with E-state index in [2.05, 4.69) is 10.3 Å². The number of nitro groups is 1. The molecular weight excluding hydrogens is 426 g/mol. The molecule has 0 spiro atoms. The minimum absolute atomic E-state index is 0.165. The fourth-order valence-corrected chi connectivity index (χ4v) is 3.26. The molecular formula is C24H19N3O6. The molecule has 2 aromatic carbocycles. The molecule has 4 aromatic rings. The summed E-state index contributed by atoms with van der Waals surface area (Å²) >= 11 is 0. The zero-order valence-corrected chi connectivity index (χ0v) is 17.8. The van der Waals surface area contributed by atoms with Crippen molar-refractivity contribution in [2.24, 2.45) is 0 Å². The number of ether oxygens (including phenoxy) is 1. The van der Waals surface area contributed by atoms with Crippen molar-refractivity contribution in [3.63, 3.8) is 0 Å². The summed E-state index contributed by atoms with van der Waals surface area (Å²) in [5.41, 5.74) is 1.33. The van der Waals surface area contributed by atoms with Crippen LogP contribution in [0.4, 0.5) is 11.4 Å². The van der Waals surface area contributed by atoms with Gasteiger partial charge in [0.25, 0.3) is 11.6 Å². The number of aryl methyl sites for hydroxylation is 1. The maximum absolute atomic E-state index is 13.0. The first-order valence-electron chi connectivity index (χ1n) is 10.0. The molecule has 0 radical (unpaired) electrons. The number of hydrogen-bond acceptors (Lipinski definition) is 7. The molecule has 0 saturated carbocycles. The number of amides is 1. The van der Waals surface area contributed by atoms with Crippen LogP contribution < -0.4 is 5.32 Å². The van der Waals surface area contributed by atoms with E-state index in [1.54, 1.807) is 49.4 Å². The van der Waals surface area contributed by atoms with Gasteiger partial charge >= 0.3 is 5.97 Å². The topological polar surface area (TPSA) is 125 Å². The number of hydrogen-bond donors (Lipinski definition) is 1. The Labute approximate surface area is 188 Å². The van der Waals surface area contributed by atoms with Crippen LogP contribution in [0.15, 0.2) is 71.1 Å². The third-order valence-corrected chi connectivity index (χ3v) is 4.91. The van der Waals surface area contributed by atoms with Gasteiger partial charge < -0.3 is 14.5 Å². The summed E-state index contributed by atoms with van der Waals surface area (Å²) < 4.78 is 11.0. The lowest BCUT2D eigenvalue weighted by atomic mass is 10.1. The van der Waals surface area contributed by atoms with E-state index in [-0.39, 0.29) is 16.9 Å². The van der Waals surface area contributed by atoms with E-state index >= 15 is 0 Å². The summed E-state index contributed by atoms with van der Waals surface area (Å²) in [6.07, 6.45) is -1.15. The van der Waals surface area contributed by atoms with Crippen molar-refractivity contribution in [3.05, 3.63) is 88.2 Å². The molecule has 2 aromatic heterocycles. The Balaban J connectivity index is 1.57. The Bertz CT molecular complexity index is 1380. The number of nitrogens with zero attached hydrogens (tertiary/aromatic N) is 2. The van der Waals surface area contributed by atoms with Gasteiger partial charge in [0.15, 0.2) is 11.9 Å². The number of rotatable bonds is 6. The Morgan fingerprint density at radius 1 is 1.09 bits per heavy atom. The predicted molar refractivity (Wildman–Crippen MR) is 121 cm³/mol. The molecule has 9 heteroatoms. The van der Waals surface area contributed by atoms with Crippen LogP contribution in [0.25, 0.3) is 22.4 Å². The van der Waals surface area contributed by atoms with Gasteiger partial charge in [0.05, 0.1) is 16.0 Å². The molecule has 1 amide bonds. The minimum atomic E-state index is -1.15. The molecule has 0 aliphatic heterocycles. The summed E-state index contributed by atoms with van der Waals surface area (Å²) in [4.78, 5) is 40.5. The van der Waals surface area contributed by atoms with Gasteiger partial charge in [0, 0.05) is 23.2 Å². The van der Waals surface area contributed by atoms with Crippen molar-refractivity contribution in [3.8, 4) is 11.5 Å². The van der Waals surface area contributed by atoms with Crippen LogP contribution in [-0.4, -0.2) is 27.9 Å². The van der Waals surface area contributed by atoms with E-state index in [1.807, 2.05) is 0 Å². The van der Waals surface area contributed by atoms with Crippen LogP contribution >= 0.6 is 0 Å². The Hall–Kier alpha value is -4.53. The van der Waals surface area contributed by atoms with Gasteiger partial charge in [-0.1, -0.05) is 24.3 Å². The Kier molecular flexibility index (Phi) is 5.86. The van der Waals surface area contributed by atoms with Gasteiger partial charge in [0.2, 0.25) is 0 Å². The molecule has 166 valence electrons. The highest BCUT2D eigenvalue weighted by molar-refractivity contribution is 6.05. The fraction of sp³-hybridized carbons (Fsp3) is 0.125. The average molecular weight is 445 g/mol. The zero-order chi connectivity index (χ0) is 23.5. The van der Waals surface area contributed by atoms with E-state index in [0.29, 0.717) is 28.1 Å². The number of furan rings is 1. The zero-order valence-electron chi connectivity index (χ0n) is 17.8. The number of carbonyl (C=O) groups excluding carboxylic acids is 2. The molecule has 4 rings (SSSR count). The number of benzene rings is 2. The van der Waals surface area contributed by atoms with Gasteiger partial charge in [-0.2, -0.15) is 0 Å². The van der Waals surface area contributed by atoms with Crippen LogP contribution in [0.2, 0.25) is 0 Å². The first-order chi connectivity index (χ1) is 15.8. The third-order valence-electron chi connectivity index (χ3n) is 4.91. The van der Waals surface area contributed by atoms with Crippen LogP contribution in [0.5, 0.6) is 0 Å².